The minimum absolute atomic E-state index is 0.232. The Kier molecular flexibility index (Phi) is 3.89. The van der Waals surface area contributed by atoms with Crippen molar-refractivity contribution >= 4 is 5.91 Å². The number of piperazine rings is 1. The number of hydrogen-bond donors (Lipinski definition) is 1. The summed E-state index contributed by atoms with van der Waals surface area (Å²) in [7, 11) is 3.85. The smallest absolute Gasteiger partial charge is 0.237 e. The SMILES string of the molecule is CC1CN(C(=O)CN(C)C)C(C)CN1. The molecule has 1 aliphatic rings. The van der Waals surface area contributed by atoms with Crippen LogP contribution in [0.25, 0.3) is 0 Å². The molecule has 0 radical (unpaired) electrons. The summed E-state index contributed by atoms with van der Waals surface area (Å²) in [5.74, 6) is 0.232. The fraction of sp³-hybridized carbons (Fsp3) is 0.900. The van der Waals surface area contributed by atoms with Crippen molar-refractivity contribution in [2.75, 3.05) is 33.7 Å². The topological polar surface area (TPSA) is 35.6 Å². The summed E-state index contributed by atoms with van der Waals surface area (Å²) in [5, 5.41) is 3.36. The molecule has 1 fully saturated rings. The molecule has 0 bridgehead atoms. The fourth-order valence-corrected chi connectivity index (χ4v) is 1.73. The highest BCUT2D eigenvalue weighted by Crippen LogP contribution is 2.06. The van der Waals surface area contributed by atoms with Crippen molar-refractivity contribution in [1.29, 1.82) is 0 Å². The van der Waals surface area contributed by atoms with Crippen molar-refractivity contribution < 1.29 is 4.79 Å². The molecule has 0 aromatic carbocycles. The molecule has 1 heterocycles. The Morgan fingerprint density at radius 2 is 2.14 bits per heavy atom. The van der Waals surface area contributed by atoms with Crippen LogP contribution in [0.2, 0.25) is 0 Å². The van der Waals surface area contributed by atoms with E-state index in [4.69, 9.17) is 0 Å². The number of hydrogen-bond acceptors (Lipinski definition) is 3. The molecule has 0 aromatic heterocycles. The molecule has 1 saturated heterocycles. The van der Waals surface area contributed by atoms with Gasteiger partial charge in [0, 0.05) is 25.2 Å². The third kappa shape index (κ3) is 2.96. The second-order valence-corrected chi connectivity index (χ2v) is 4.44. The van der Waals surface area contributed by atoms with Crippen LogP contribution in [0.1, 0.15) is 13.8 Å². The van der Waals surface area contributed by atoms with Crippen LogP contribution < -0.4 is 5.32 Å². The summed E-state index contributed by atoms with van der Waals surface area (Å²) in [5.41, 5.74) is 0. The quantitative estimate of drug-likeness (QED) is 0.666. The second kappa shape index (κ2) is 4.75. The van der Waals surface area contributed by atoms with Crippen LogP contribution in [0.15, 0.2) is 0 Å². The average Bonchev–Trinajstić information content (AvgIpc) is 2.08. The molecular formula is C10H21N3O. The molecule has 1 amide bonds. The van der Waals surface area contributed by atoms with Crippen molar-refractivity contribution in [1.82, 2.24) is 15.1 Å². The van der Waals surface area contributed by atoms with Gasteiger partial charge in [-0.1, -0.05) is 0 Å². The van der Waals surface area contributed by atoms with E-state index in [2.05, 4.69) is 19.2 Å². The number of carbonyl (C=O) groups excluding carboxylic acids is 1. The number of carbonyl (C=O) groups is 1. The molecule has 14 heavy (non-hydrogen) atoms. The van der Waals surface area contributed by atoms with Crippen LogP contribution in [-0.4, -0.2) is 61.5 Å². The van der Waals surface area contributed by atoms with Crippen molar-refractivity contribution in [2.45, 2.75) is 25.9 Å². The van der Waals surface area contributed by atoms with Crippen LogP contribution in [0.4, 0.5) is 0 Å². The molecule has 1 N–H and O–H groups in total. The number of rotatable bonds is 2. The van der Waals surface area contributed by atoms with E-state index in [1.54, 1.807) is 0 Å². The third-order valence-electron chi connectivity index (χ3n) is 2.54. The lowest BCUT2D eigenvalue weighted by atomic mass is 10.1. The lowest BCUT2D eigenvalue weighted by Crippen LogP contribution is -2.57. The maximum atomic E-state index is 11.8. The van der Waals surface area contributed by atoms with E-state index < -0.39 is 0 Å². The van der Waals surface area contributed by atoms with Gasteiger partial charge in [0.25, 0.3) is 0 Å². The van der Waals surface area contributed by atoms with E-state index in [0.29, 0.717) is 18.6 Å². The van der Waals surface area contributed by atoms with Crippen LogP contribution in [0.3, 0.4) is 0 Å². The monoisotopic (exact) mass is 199 g/mol. The highest BCUT2D eigenvalue weighted by molar-refractivity contribution is 5.78. The van der Waals surface area contributed by atoms with E-state index >= 15 is 0 Å². The predicted octanol–water partition coefficient (Wildman–Crippen LogP) is -0.243. The molecule has 1 rings (SSSR count). The van der Waals surface area contributed by atoms with Crippen LogP contribution >= 0.6 is 0 Å². The van der Waals surface area contributed by atoms with Gasteiger partial charge in [0.1, 0.15) is 0 Å². The highest BCUT2D eigenvalue weighted by atomic mass is 16.2. The number of nitrogens with one attached hydrogen (secondary N) is 1. The Morgan fingerprint density at radius 3 is 2.71 bits per heavy atom. The van der Waals surface area contributed by atoms with Crippen molar-refractivity contribution in [3.05, 3.63) is 0 Å². The summed E-state index contributed by atoms with van der Waals surface area (Å²) in [4.78, 5) is 15.7. The molecular weight excluding hydrogens is 178 g/mol. The molecule has 0 saturated carbocycles. The summed E-state index contributed by atoms with van der Waals surface area (Å²) >= 11 is 0. The first-order valence-corrected chi connectivity index (χ1v) is 5.18. The first kappa shape index (κ1) is 11.5. The van der Waals surface area contributed by atoms with Gasteiger partial charge < -0.3 is 15.1 Å². The average molecular weight is 199 g/mol. The molecule has 0 spiro atoms. The lowest BCUT2D eigenvalue weighted by molar-refractivity contribution is -0.135. The minimum atomic E-state index is 0.232. The predicted molar refractivity (Wildman–Crippen MR) is 57.2 cm³/mol. The molecule has 4 heteroatoms. The summed E-state index contributed by atoms with van der Waals surface area (Å²) in [6.45, 7) is 6.44. The Morgan fingerprint density at radius 1 is 1.50 bits per heavy atom. The standard InChI is InChI=1S/C10H21N3O/c1-8-6-13(9(2)5-11-8)10(14)7-12(3)4/h8-9,11H,5-7H2,1-4H3. The molecule has 2 unspecified atom stereocenters. The zero-order chi connectivity index (χ0) is 10.7. The van der Waals surface area contributed by atoms with Gasteiger partial charge in [-0.15, -0.1) is 0 Å². The van der Waals surface area contributed by atoms with E-state index in [-0.39, 0.29) is 5.91 Å². The molecule has 0 aliphatic carbocycles. The largest absolute Gasteiger partial charge is 0.336 e. The Balaban J connectivity index is 2.51. The minimum Gasteiger partial charge on any atom is -0.336 e. The molecule has 0 aromatic rings. The number of amides is 1. The number of likely N-dealkylation sites (N-methyl/N-ethyl adjacent to an activating group) is 1. The van der Waals surface area contributed by atoms with Crippen molar-refractivity contribution in [2.24, 2.45) is 0 Å². The third-order valence-corrected chi connectivity index (χ3v) is 2.54. The Bertz CT molecular complexity index is 206. The highest BCUT2D eigenvalue weighted by Gasteiger charge is 2.26. The van der Waals surface area contributed by atoms with E-state index in [0.717, 1.165) is 13.1 Å². The number of nitrogens with zero attached hydrogens (tertiary/aromatic N) is 2. The van der Waals surface area contributed by atoms with Gasteiger partial charge in [-0.2, -0.15) is 0 Å². The first-order valence-electron chi connectivity index (χ1n) is 5.18. The van der Waals surface area contributed by atoms with Gasteiger partial charge in [0.05, 0.1) is 6.54 Å². The zero-order valence-corrected chi connectivity index (χ0v) is 9.58. The fourth-order valence-electron chi connectivity index (χ4n) is 1.73. The molecule has 2 atom stereocenters. The van der Waals surface area contributed by atoms with E-state index in [1.165, 1.54) is 0 Å². The first-order chi connectivity index (χ1) is 6.50. The Hall–Kier alpha value is -0.610. The van der Waals surface area contributed by atoms with Crippen LogP contribution in [-0.2, 0) is 4.79 Å². The zero-order valence-electron chi connectivity index (χ0n) is 9.58. The van der Waals surface area contributed by atoms with E-state index in [1.807, 2.05) is 23.9 Å². The van der Waals surface area contributed by atoms with Gasteiger partial charge in [0.2, 0.25) is 5.91 Å². The van der Waals surface area contributed by atoms with Gasteiger partial charge in [-0.3, -0.25) is 4.79 Å². The van der Waals surface area contributed by atoms with Gasteiger partial charge in [-0.25, -0.2) is 0 Å². The molecule has 1 aliphatic heterocycles. The van der Waals surface area contributed by atoms with Gasteiger partial charge in [-0.05, 0) is 27.9 Å². The van der Waals surface area contributed by atoms with Crippen molar-refractivity contribution in [3.63, 3.8) is 0 Å². The second-order valence-electron chi connectivity index (χ2n) is 4.44. The molecule has 4 nitrogen and oxygen atoms in total. The summed E-state index contributed by atoms with van der Waals surface area (Å²) in [6, 6.07) is 0.732. The summed E-state index contributed by atoms with van der Waals surface area (Å²) < 4.78 is 0. The normalized spacial score (nSPS) is 28.2. The van der Waals surface area contributed by atoms with Crippen LogP contribution in [0, 0.1) is 0 Å². The van der Waals surface area contributed by atoms with Gasteiger partial charge in [0.15, 0.2) is 0 Å². The van der Waals surface area contributed by atoms with Crippen LogP contribution in [0.5, 0.6) is 0 Å². The van der Waals surface area contributed by atoms with Crippen molar-refractivity contribution in [3.8, 4) is 0 Å². The molecule has 82 valence electrons. The lowest BCUT2D eigenvalue weighted by Gasteiger charge is -2.38. The Labute approximate surface area is 86.2 Å². The van der Waals surface area contributed by atoms with E-state index in [9.17, 15) is 4.79 Å². The maximum Gasteiger partial charge on any atom is 0.237 e. The summed E-state index contributed by atoms with van der Waals surface area (Å²) in [6.07, 6.45) is 0. The maximum absolute atomic E-state index is 11.8. The van der Waals surface area contributed by atoms with Gasteiger partial charge >= 0.3 is 0 Å².